The van der Waals surface area contributed by atoms with Crippen LogP contribution in [0.2, 0.25) is 0 Å². The minimum atomic E-state index is -0.326. The van der Waals surface area contributed by atoms with Crippen molar-refractivity contribution in [2.24, 2.45) is 0 Å². The van der Waals surface area contributed by atoms with Crippen LogP contribution in [0.5, 0.6) is 0 Å². The first-order chi connectivity index (χ1) is 6.68. The second-order valence-electron chi connectivity index (χ2n) is 3.42. The van der Waals surface area contributed by atoms with Crippen molar-refractivity contribution in [1.29, 1.82) is 0 Å². The number of rotatable bonds is 6. The summed E-state index contributed by atoms with van der Waals surface area (Å²) in [6.45, 7) is 4.75. The highest BCUT2D eigenvalue weighted by molar-refractivity contribution is 7.99. The molecule has 0 aliphatic heterocycles. The molecule has 0 amide bonds. The molecule has 5 heteroatoms. The van der Waals surface area contributed by atoms with Crippen LogP contribution >= 0.6 is 11.8 Å². The molecule has 1 aromatic heterocycles. The summed E-state index contributed by atoms with van der Waals surface area (Å²) in [4.78, 5) is 7.04. The molecule has 1 unspecified atom stereocenters. The normalized spacial score (nSPS) is 13.4. The molecule has 0 aliphatic rings. The summed E-state index contributed by atoms with van der Waals surface area (Å²) in [5.41, 5.74) is 0. The van der Waals surface area contributed by atoms with Gasteiger partial charge in [0.2, 0.25) is 0 Å². The van der Waals surface area contributed by atoms with Crippen LogP contribution in [0.1, 0.15) is 13.8 Å². The number of nitrogens with zero attached hydrogens (tertiary/aromatic N) is 1. The number of aliphatic hydroxyl groups is 1. The van der Waals surface area contributed by atoms with Gasteiger partial charge in [-0.05, 0) is 0 Å². The first-order valence-corrected chi connectivity index (χ1v) is 5.70. The second-order valence-corrected chi connectivity index (χ2v) is 4.43. The molecule has 0 bridgehead atoms. The van der Waals surface area contributed by atoms with Crippen molar-refractivity contribution < 1.29 is 5.11 Å². The largest absolute Gasteiger partial charge is 0.391 e. The maximum atomic E-state index is 9.57. The number of aromatic amines is 1. The monoisotopic (exact) mass is 215 g/mol. The summed E-state index contributed by atoms with van der Waals surface area (Å²) in [6, 6.07) is 0.415. The highest BCUT2D eigenvalue weighted by Gasteiger charge is 2.06. The van der Waals surface area contributed by atoms with E-state index in [1.54, 1.807) is 12.4 Å². The van der Waals surface area contributed by atoms with Crippen molar-refractivity contribution in [3.8, 4) is 0 Å². The Morgan fingerprint density at radius 1 is 1.64 bits per heavy atom. The summed E-state index contributed by atoms with van der Waals surface area (Å²) >= 11 is 1.53. The molecule has 14 heavy (non-hydrogen) atoms. The van der Waals surface area contributed by atoms with E-state index in [0.29, 0.717) is 18.3 Å². The Hall–Kier alpha value is -0.520. The van der Waals surface area contributed by atoms with E-state index in [1.165, 1.54) is 11.8 Å². The predicted octanol–water partition coefficient (Wildman–Crippen LogP) is 0.861. The van der Waals surface area contributed by atoms with Gasteiger partial charge in [0.15, 0.2) is 5.16 Å². The molecule has 80 valence electrons. The zero-order valence-electron chi connectivity index (χ0n) is 8.53. The molecule has 0 saturated carbocycles. The molecule has 1 rings (SSSR count). The van der Waals surface area contributed by atoms with Gasteiger partial charge in [0.05, 0.1) is 6.10 Å². The van der Waals surface area contributed by atoms with E-state index < -0.39 is 0 Å². The molecule has 0 fully saturated rings. The van der Waals surface area contributed by atoms with Crippen molar-refractivity contribution in [1.82, 2.24) is 15.3 Å². The van der Waals surface area contributed by atoms with E-state index in [9.17, 15) is 5.11 Å². The molecule has 0 aliphatic carbocycles. The van der Waals surface area contributed by atoms with E-state index in [-0.39, 0.29) is 6.10 Å². The molecule has 3 N–H and O–H groups in total. The van der Waals surface area contributed by atoms with Gasteiger partial charge in [0.25, 0.3) is 0 Å². The Balaban J connectivity index is 2.12. The minimum Gasteiger partial charge on any atom is -0.391 e. The molecule has 1 atom stereocenters. The lowest BCUT2D eigenvalue weighted by atomic mass is 10.3. The molecule has 4 nitrogen and oxygen atoms in total. The average Bonchev–Trinajstić information content (AvgIpc) is 2.63. The summed E-state index contributed by atoms with van der Waals surface area (Å²) < 4.78 is 0. The van der Waals surface area contributed by atoms with Gasteiger partial charge in [-0.15, -0.1) is 0 Å². The number of hydrogen-bond donors (Lipinski definition) is 3. The van der Waals surface area contributed by atoms with Crippen LogP contribution in [0, 0.1) is 0 Å². The Bertz CT molecular complexity index is 238. The van der Waals surface area contributed by atoms with Gasteiger partial charge in [-0.2, -0.15) is 0 Å². The van der Waals surface area contributed by atoms with Gasteiger partial charge in [-0.1, -0.05) is 25.6 Å². The SMILES string of the molecule is CC(C)NCC(O)CSc1ncc[nH]1. The number of imidazole rings is 1. The highest BCUT2D eigenvalue weighted by Crippen LogP contribution is 2.12. The molecule has 0 radical (unpaired) electrons. The van der Waals surface area contributed by atoms with Crippen LogP contribution in [-0.4, -0.2) is 39.5 Å². The second kappa shape index (κ2) is 6.06. The Morgan fingerprint density at radius 2 is 2.43 bits per heavy atom. The lowest BCUT2D eigenvalue weighted by Gasteiger charge is -2.12. The van der Waals surface area contributed by atoms with Gasteiger partial charge in [-0.25, -0.2) is 4.98 Å². The quantitative estimate of drug-likeness (QED) is 0.616. The van der Waals surface area contributed by atoms with Crippen molar-refractivity contribution in [3.63, 3.8) is 0 Å². The standard InChI is InChI=1S/C9H17N3OS/c1-7(2)12-5-8(13)6-14-9-10-3-4-11-9/h3-4,7-8,12-13H,5-6H2,1-2H3,(H,10,11). The Labute approximate surface area is 88.5 Å². The van der Waals surface area contributed by atoms with Crippen LogP contribution < -0.4 is 5.32 Å². The molecule has 1 heterocycles. The minimum absolute atomic E-state index is 0.326. The van der Waals surface area contributed by atoms with Crippen LogP contribution in [-0.2, 0) is 0 Å². The molecule has 0 saturated heterocycles. The lowest BCUT2D eigenvalue weighted by Crippen LogP contribution is -2.33. The van der Waals surface area contributed by atoms with E-state index in [0.717, 1.165) is 5.16 Å². The van der Waals surface area contributed by atoms with E-state index in [4.69, 9.17) is 0 Å². The van der Waals surface area contributed by atoms with Gasteiger partial charge < -0.3 is 15.4 Å². The summed E-state index contributed by atoms with van der Waals surface area (Å²) in [6.07, 6.45) is 3.16. The number of nitrogens with one attached hydrogen (secondary N) is 2. The van der Waals surface area contributed by atoms with Gasteiger partial charge in [-0.3, -0.25) is 0 Å². The summed E-state index contributed by atoms with van der Waals surface area (Å²) in [5, 5.41) is 13.6. The Kier molecular flexibility index (Phi) is 5.00. The maximum absolute atomic E-state index is 9.57. The molecular formula is C9H17N3OS. The molecule has 0 spiro atoms. The third kappa shape index (κ3) is 4.64. The van der Waals surface area contributed by atoms with E-state index >= 15 is 0 Å². The van der Waals surface area contributed by atoms with Gasteiger partial charge in [0.1, 0.15) is 0 Å². The van der Waals surface area contributed by atoms with Gasteiger partial charge in [0, 0.05) is 30.7 Å². The fourth-order valence-corrected chi connectivity index (χ4v) is 1.69. The maximum Gasteiger partial charge on any atom is 0.165 e. The first-order valence-electron chi connectivity index (χ1n) is 4.72. The van der Waals surface area contributed by atoms with Crippen molar-refractivity contribution in [3.05, 3.63) is 12.4 Å². The summed E-state index contributed by atoms with van der Waals surface area (Å²) in [5.74, 6) is 0.660. The fraction of sp³-hybridized carbons (Fsp3) is 0.667. The third-order valence-electron chi connectivity index (χ3n) is 1.65. The number of thioether (sulfide) groups is 1. The smallest absolute Gasteiger partial charge is 0.165 e. The molecule has 1 aromatic rings. The predicted molar refractivity (Wildman–Crippen MR) is 58.5 cm³/mol. The third-order valence-corrected chi connectivity index (χ3v) is 2.70. The number of aromatic nitrogens is 2. The molecular weight excluding hydrogens is 198 g/mol. The number of aliphatic hydroxyl groups excluding tert-OH is 1. The molecule has 0 aromatic carbocycles. The number of hydrogen-bond acceptors (Lipinski definition) is 4. The Morgan fingerprint density at radius 3 is 3.00 bits per heavy atom. The van der Waals surface area contributed by atoms with Crippen LogP contribution in [0.4, 0.5) is 0 Å². The van der Waals surface area contributed by atoms with Crippen LogP contribution in [0.25, 0.3) is 0 Å². The van der Waals surface area contributed by atoms with Crippen molar-refractivity contribution in [2.75, 3.05) is 12.3 Å². The topological polar surface area (TPSA) is 60.9 Å². The van der Waals surface area contributed by atoms with E-state index in [1.807, 2.05) is 0 Å². The van der Waals surface area contributed by atoms with Crippen molar-refractivity contribution in [2.45, 2.75) is 31.1 Å². The number of H-pyrrole nitrogens is 1. The zero-order chi connectivity index (χ0) is 10.4. The highest BCUT2D eigenvalue weighted by atomic mass is 32.2. The fourth-order valence-electron chi connectivity index (χ4n) is 0.936. The van der Waals surface area contributed by atoms with Crippen molar-refractivity contribution >= 4 is 11.8 Å². The van der Waals surface area contributed by atoms with Crippen LogP contribution in [0.3, 0.4) is 0 Å². The van der Waals surface area contributed by atoms with Gasteiger partial charge >= 0.3 is 0 Å². The summed E-state index contributed by atoms with van der Waals surface area (Å²) in [7, 11) is 0. The lowest BCUT2D eigenvalue weighted by molar-refractivity contribution is 0.192. The van der Waals surface area contributed by atoms with Crippen LogP contribution in [0.15, 0.2) is 17.6 Å². The average molecular weight is 215 g/mol. The zero-order valence-corrected chi connectivity index (χ0v) is 9.34. The van der Waals surface area contributed by atoms with E-state index in [2.05, 4.69) is 29.1 Å². The first kappa shape index (κ1) is 11.6.